The first kappa shape index (κ1) is 19.8. The minimum absolute atomic E-state index is 0.298. The van der Waals surface area contributed by atoms with Crippen LogP contribution in [-0.2, 0) is 4.43 Å². The van der Waals surface area contributed by atoms with E-state index in [1.807, 2.05) is 0 Å². The lowest BCUT2D eigenvalue weighted by Crippen LogP contribution is -2.52. The fourth-order valence-electron chi connectivity index (χ4n) is 5.11. The van der Waals surface area contributed by atoms with Crippen LogP contribution in [0.4, 0.5) is 0 Å². The first-order valence-corrected chi connectivity index (χ1v) is 13.1. The summed E-state index contributed by atoms with van der Waals surface area (Å²) in [7, 11) is -2.10. The summed E-state index contributed by atoms with van der Waals surface area (Å²) < 4.78 is 5.98. The minimum atomic E-state index is -2.10. The Morgan fingerprint density at radius 2 is 1.81 bits per heavy atom. The molecule has 4 rings (SSSR count). The maximum atomic E-state index is 12.7. The summed E-state index contributed by atoms with van der Waals surface area (Å²) in [5.74, 6) is 7.37. The number of rotatable bonds is 5. The summed E-state index contributed by atoms with van der Waals surface area (Å²) in [4.78, 5) is 12.7. The second-order valence-corrected chi connectivity index (χ2v) is 13.7. The van der Waals surface area contributed by atoms with Gasteiger partial charge in [0, 0.05) is 11.1 Å². The number of carbonyl (C=O) groups excluding carboxylic acids is 1. The van der Waals surface area contributed by atoms with Crippen LogP contribution in [0.1, 0.15) is 61.0 Å². The largest absolute Gasteiger partial charge is 0.516 e. The van der Waals surface area contributed by atoms with Crippen LogP contribution >= 0.6 is 0 Å². The van der Waals surface area contributed by atoms with E-state index in [1.54, 1.807) is 18.2 Å². The summed E-state index contributed by atoms with van der Waals surface area (Å²) in [5, 5.41) is 0. The SMILES string of the molecule is C#Cc1cc(C#C)cc(C(=O)O[Si](C)(C)CCC2CC[C@H]3C[C@@H]2C3(C)C)c1. The van der Waals surface area contributed by atoms with Crippen molar-refractivity contribution in [2.24, 2.45) is 23.2 Å². The number of carbonyl (C=O) groups is 1. The van der Waals surface area contributed by atoms with Gasteiger partial charge in [-0.05, 0) is 86.2 Å². The van der Waals surface area contributed by atoms with Crippen molar-refractivity contribution >= 4 is 14.3 Å². The van der Waals surface area contributed by atoms with Gasteiger partial charge in [-0.3, -0.25) is 0 Å². The molecule has 1 aromatic carbocycles. The molecule has 3 aliphatic carbocycles. The normalized spacial score (nSPS) is 25.6. The average Bonchev–Trinajstić information content (AvgIpc) is 2.65. The first-order valence-electron chi connectivity index (χ1n) is 9.98. The van der Waals surface area contributed by atoms with E-state index < -0.39 is 8.32 Å². The van der Waals surface area contributed by atoms with Gasteiger partial charge in [0.15, 0.2) is 0 Å². The Labute approximate surface area is 165 Å². The number of hydrogen-bond donors (Lipinski definition) is 0. The van der Waals surface area contributed by atoms with Crippen molar-refractivity contribution in [1.29, 1.82) is 0 Å². The molecular formula is C24H30O2Si. The molecule has 27 heavy (non-hydrogen) atoms. The number of hydrogen-bond acceptors (Lipinski definition) is 2. The van der Waals surface area contributed by atoms with Crippen molar-refractivity contribution in [3.63, 3.8) is 0 Å². The predicted octanol–water partition coefficient (Wildman–Crippen LogP) is 5.47. The highest BCUT2D eigenvalue weighted by atomic mass is 28.4. The molecule has 0 heterocycles. The molecule has 0 saturated heterocycles. The van der Waals surface area contributed by atoms with E-state index >= 15 is 0 Å². The van der Waals surface area contributed by atoms with Gasteiger partial charge in [0.1, 0.15) is 0 Å². The van der Waals surface area contributed by atoms with Crippen molar-refractivity contribution in [2.45, 2.75) is 58.7 Å². The van der Waals surface area contributed by atoms with E-state index in [2.05, 4.69) is 38.8 Å². The van der Waals surface area contributed by atoms with Crippen molar-refractivity contribution in [1.82, 2.24) is 0 Å². The summed E-state index contributed by atoms with van der Waals surface area (Å²) in [6, 6.07) is 6.12. The van der Waals surface area contributed by atoms with Crippen LogP contribution in [0.3, 0.4) is 0 Å². The lowest BCUT2D eigenvalue weighted by atomic mass is 9.45. The van der Waals surface area contributed by atoms with Crippen LogP contribution in [0.15, 0.2) is 18.2 Å². The maximum absolute atomic E-state index is 12.7. The van der Waals surface area contributed by atoms with Crippen LogP contribution in [0.5, 0.6) is 0 Å². The molecule has 1 aromatic rings. The van der Waals surface area contributed by atoms with Gasteiger partial charge in [0.25, 0.3) is 0 Å². The first-order chi connectivity index (χ1) is 12.7. The summed E-state index contributed by atoms with van der Waals surface area (Å²) in [6.07, 6.45) is 16.2. The molecule has 3 saturated carbocycles. The Bertz CT molecular complexity index is 788. The van der Waals surface area contributed by atoms with Crippen LogP contribution in [-0.4, -0.2) is 14.3 Å². The number of terminal acetylenes is 2. The highest BCUT2D eigenvalue weighted by Gasteiger charge is 2.54. The molecule has 0 amide bonds. The highest BCUT2D eigenvalue weighted by Crippen LogP contribution is 2.62. The van der Waals surface area contributed by atoms with Crippen LogP contribution in [0, 0.1) is 47.9 Å². The second-order valence-electron chi connectivity index (χ2n) is 9.47. The quantitative estimate of drug-likeness (QED) is 0.501. The van der Waals surface area contributed by atoms with Crippen molar-refractivity contribution in [3.05, 3.63) is 34.9 Å². The molecule has 0 N–H and O–H groups in total. The fourth-order valence-corrected chi connectivity index (χ4v) is 6.90. The van der Waals surface area contributed by atoms with Crippen molar-refractivity contribution < 1.29 is 9.22 Å². The van der Waals surface area contributed by atoms with Gasteiger partial charge in [-0.1, -0.05) is 25.7 Å². The number of fused-ring (bicyclic) bond motifs is 2. The van der Waals surface area contributed by atoms with Gasteiger partial charge in [0.05, 0.1) is 5.56 Å². The van der Waals surface area contributed by atoms with Gasteiger partial charge >= 0.3 is 5.97 Å². The van der Waals surface area contributed by atoms with Gasteiger partial charge in [-0.2, -0.15) is 0 Å². The summed E-state index contributed by atoms with van der Waals surface area (Å²) in [5.41, 5.74) is 2.19. The van der Waals surface area contributed by atoms with Crippen LogP contribution in [0.25, 0.3) is 0 Å². The average molecular weight is 379 g/mol. The molecule has 142 valence electrons. The summed E-state index contributed by atoms with van der Waals surface area (Å²) in [6.45, 7) is 9.13. The van der Waals surface area contributed by atoms with Gasteiger partial charge in [0.2, 0.25) is 8.32 Å². The smallest absolute Gasteiger partial charge is 0.324 e. The predicted molar refractivity (Wildman–Crippen MR) is 113 cm³/mol. The Hall–Kier alpha value is -1.97. The highest BCUT2D eigenvalue weighted by molar-refractivity contribution is 6.72. The molecule has 0 radical (unpaired) electrons. The van der Waals surface area contributed by atoms with E-state index in [9.17, 15) is 4.79 Å². The van der Waals surface area contributed by atoms with Crippen LogP contribution < -0.4 is 0 Å². The Morgan fingerprint density at radius 3 is 2.33 bits per heavy atom. The van der Waals surface area contributed by atoms with Gasteiger partial charge in [-0.15, -0.1) is 12.8 Å². The van der Waals surface area contributed by atoms with E-state index in [0.717, 1.165) is 23.8 Å². The molecule has 3 fully saturated rings. The molecule has 3 atom stereocenters. The molecular weight excluding hydrogens is 348 g/mol. The maximum Gasteiger partial charge on any atom is 0.324 e. The third-order valence-corrected chi connectivity index (χ3v) is 9.22. The molecule has 2 nitrogen and oxygen atoms in total. The molecule has 2 bridgehead atoms. The standard InChI is InChI=1S/C24H30O2Si/c1-7-17-13-18(8-2)15-20(14-17)23(25)26-27(5,6)12-11-19-9-10-21-16-22(19)24(21,3)4/h1-2,13-15,19,21-22H,9-12,16H2,3-6H3/t19?,21-,22-/m0/s1. The van der Waals surface area contributed by atoms with E-state index in [4.69, 9.17) is 17.3 Å². The zero-order valence-electron chi connectivity index (χ0n) is 17.0. The lowest BCUT2D eigenvalue weighted by molar-refractivity contribution is -0.105. The third-order valence-electron chi connectivity index (χ3n) is 6.99. The molecule has 0 spiro atoms. The zero-order chi connectivity index (χ0) is 19.8. The summed E-state index contributed by atoms with van der Waals surface area (Å²) >= 11 is 0. The minimum Gasteiger partial charge on any atom is -0.516 e. The van der Waals surface area contributed by atoms with E-state index in [1.165, 1.54) is 25.7 Å². The fraction of sp³-hybridized carbons (Fsp3) is 0.542. The molecule has 0 aliphatic heterocycles. The topological polar surface area (TPSA) is 26.3 Å². The van der Waals surface area contributed by atoms with Crippen molar-refractivity contribution in [3.8, 4) is 24.7 Å². The Kier molecular flexibility index (Phi) is 5.28. The number of benzene rings is 1. The zero-order valence-corrected chi connectivity index (χ0v) is 18.0. The van der Waals surface area contributed by atoms with E-state index in [0.29, 0.717) is 22.1 Å². The molecule has 3 aliphatic rings. The third kappa shape index (κ3) is 3.99. The Morgan fingerprint density at radius 1 is 1.19 bits per heavy atom. The molecule has 1 unspecified atom stereocenters. The second kappa shape index (κ2) is 7.21. The monoisotopic (exact) mass is 378 g/mol. The van der Waals surface area contributed by atoms with Gasteiger partial charge < -0.3 is 4.43 Å². The Balaban J connectivity index is 1.62. The molecule has 0 aromatic heterocycles. The van der Waals surface area contributed by atoms with Crippen LogP contribution in [0.2, 0.25) is 19.1 Å². The van der Waals surface area contributed by atoms with Crippen molar-refractivity contribution in [2.75, 3.05) is 0 Å². The lowest BCUT2D eigenvalue weighted by Gasteiger charge is -2.60. The van der Waals surface area contributed by atoms with Gasteiger partial charge in [-0.25, -0.2) is 4.79 Å². The van der Waals surface area contributed by atoms with E-state index in [-0.39, 0.29) is 5.97 Å². The molecule has 3 heteroatoms.